The molecular formula is C18H17FN4O3S3. The summed E-state index contributed by atoms with van der Waals surface area (Å²) >= 11 is 2.50. The maximum absolute atomic E-state index is 13.7. The SMILES string of the molecule is CN(C)S(=O)(=O)c1ccc(C(=O)Nc2nnc(SCc3ccccc3F)s2)cc1. The first-order valence-electron chi connectivity index (χ1n) is 8.31. The first-order valence-corrected chi connectivity index (χ1v) is 11.6. The minimum absolute atomic E-state index is 0.0989. The Kier molecular flexibility index (Phi) is 6.63. The molecule has 0 aliphatic carbocycles. The maximum atomic E-state index is 13.7. The highest BCUT2D eigenvalue weighted by molar-refractivity contribution is 8.00. The van der Waals surface area contributed by atoms with Crippen LogP contribution < -0.4 is 5.32 Å². The highest BCUT2D eigenvalue weighted by Gasteiger charge is 2.18. The van der Waals surface area contributed by atoms with Gasteiger partial charge in [-0.3, -0.25) is 10.1 Å². The molecule has 0 atom stereocenters. The van der Waals surface area contributed by atoms with Crippen LogP contribution in [-0.4, -0.2) is 42.9 Å². The summed E-state index contributed by atoms with van der Waals surface area (Å²) in [5.74, 6) is -0.310. The van der Waals surface area contributed by atoms with Crippen molar-refractivity contribution in [1.29, 1.82) is 0 Å². The number of aromatic nitrogens is 2. The molecule has 0 bridgehead atoms. The van der Waals surface area contributed by atoms with E-state index in [0.717, 1.165) is 4.31 Å². The van der Waals surface area contributed by atoms with E-state index in [1.807, 2.05) is 0 Å². The van der Waals surface area contributed by atoms with Gasteiger partial charge in [0, 0.05) is 25.4 Å². The Labute approximate surface area is 176 Å². The predicted molar refractivity (Wildman–Crippen MR) is 111 cm³/mol. The van der Waals surface area contributed by atoms with Crippen molar-refractivity contribution in [1.82, 2.24) is 14.5 Å². The Morgan fingerprint density at radius 1 is 1.14 bits per heavy atom. The summed E-state index contributed by atoms with van der Waals surface area (Å²) in [6, 6.07) is 12.1. The monoisotopic (exact) mass is 452 g/mol. The van der Waals surface area contributed by atoms with Crippen LogP contribution in [0.3, 0.4) is 0 Å². The van der Waals surface area contributed by atoms with Crippen LogP contribution in [-0.2, 0) is 15.8 Å². The van der Waals surface area contributed by atoms with E-state index >= 15 is 0 Å². The Hall–Kier alpha value is -2.34. The van der Waals surface area contributed by atoms with Gasteiger partial charge in [-0.25, -0.2) is 17.1 Å². The van der Waals surface area contributed by atoms with Gasteiger partial charge in [0.25, 0.3) is 5.91 Å². The third kappa shape index (κ3) is 5.18. The van der Waals surface area contributed by atoms with Crippen LogP contribution in [0.5, 0.6) is 0 Å². The highest BCUT2D eigenvalue weighted by atomic mass is 32.2. The fourth-order valence-corrected chi connectivity index (χ4v) is 4.87. The highest BCUT2D eigenvalue weighted by Crippen LogP contribution is 2.29. The van der Waals surface area contributed by atoms with Gasteiger partial charge in [-0.05, 0) is 35.9 Å². The van der Waals surface area contributed by atoms with Crippen molar-refractivity contribution in [3.05, 3.63) is 65.5 Å². The van der Waals surface area contributed by atoms with E-state index < -0.39 is 15.9 Å². The molecule has 2 aromatic carbocycles. The second-order valence-electron chi connectivity index (χ2n) is 6.02. The number of benzene rings is 2. The average molecular weight is 453 g/mol. The van der Waals surface area contributed by atoms with E-state index in [4.69, 9.17) is 0 Å². The second kappa shape index (κ2) is 8.99. The molecule has 0 saturated carbocycles. The Bertz CT molecular complexity index is 1120. The lowest BCUT2D eigenvalue weighted by molar-refractivity contribution is 0.102. The van der Waals surface area contributed by atoms with Crippen molar-refractivity contribution in [2.45, 2.75) is 15.0 Å². The molecule has 3 aromatic rings. The molecule has 0 aliphatic rings. The normalized spacial score (nSPS) is 11.6. The molecule has 0 unspecified atom stereocenters. The number of carbonyl (C=O) groups excluding carboxylic acids is 1. The lowest BCUT2D eigenvalue weighted by Crippen LogP contribution is -2.22. The van der Waals surface area contributed by atoms with Crippen LogP contribution >= 0.6 is 23.1 Å². The molecule has 7 nitrogen and oxygen atoms in total. The number of anilines is 1. The Balaban J connectivity index is 1.62. The van der Waals surface area contributed by atoms with Gasteiger partial charge in [-0.1, -0.05) is 41.3 Å². The van der Waals surface area contributed by atoms with Gasteiger partial charge in [-0.15, -0.1) is 10.2 Å². The molecule has 0 saturated heterocycles. The first-order chi connectivity index (χ1) is 13.8. The molecule has 29 heavy (non-hydrogen) atoms. The smallest absolute Gasteiger partial charge is 0.257 e. The van der Waals surface area contributed by atoms with Gasteiger partial charge < -0.3 is 0 Å². The van der Waals surface area contributed by atoms with Gasteiger partial charge in [0.1, 0.15) is 5.82 Å². The number of carbonyl (C=O) groups is 1. The largest absolute Gasteiger partial charge is 0.296 e. The van der Waals surface area contributed by atoms with Crippen LogP contribution in [0.15, 0.2) is 57.8 Å². The van der Waals surface area contributed by atoms with E-state index in [1.54, 1.807) is 18.2 Å². The van der Waals surface area contributed by atoms with Gasteiger partial charge >= 0.3 is 0 Å². The minimum Gasteiger partial charge on any atom is -0.296 e. The third-order valence-electron chi connectivity index (χ3n) is 3.83. The van der Waals surface area contributed by atoms with Crippen molar-refractivity contribution < 1.29 is 17.6 Å². The molecule has 0 radical (unpaired) electrons. The van der Waals surface area contributed by atoms with E-state index in [1.165, 1.54) is 67.5 Å². The van der Waals surface area contributed by atoms with Gasteiger partial charge in [0.05, 0.1) is 4.90 Å². The van der Waals surface area contributed by atoms with Gasteiger partial charge in [0.15, 0.2) is 4.34 Å². The van der Waals surface area contributed by atoms with Crippen molar-refractivity contribution in [2.75, 3.05) is 19.4 Å². The molecule has 1 heterocycles. The fraction of sp³-hybridized carbons (Fsp3) is 0.167. The van der Waals surface area contributed by atoms with Crippen molar-refractivity contribution >= 4 is 44.2 Å². The standard InChI is InChI=1S/C18H17FN4O3S3/c1-23(2)29(25,26)14-9-7-12(8-10-14)16(24)20-17-21-22-18(28-17)27-11-13-5-3-4-6-15(13)19/h3-10H,11H2,1-2H3,(H,20,21,24). The molecular weight excluding hydrogens is 435 g/mol. The Morgan fingerprint density at radius 2 is 1.83 bits per heavy atom. The zero-order valence-electron chi connectivity index (χ0n) is 15.5. The summed E-state index contributed by atoms with van der Waals surface area (Å²) in [6.45, 7) is 0. The number of thioether (sulfide) groups is 1. The minimum atomic E-state index is -3.56. The topological polar surface area (TPSA) is 92.3 Å². The lowest BCUT2D eigenvalue weighted by Gasteiger charge is -2.11. The number of rotatable bonds is 7. The number of sulfonamides is 1. The number of hydrogen-bond acceptors (Lipinski definition) is 7. The summed E-state index contributed by atoms with van der Waals surface area (Å²) in [6.07, 6.45) is 0. The molecule has 1 aromatic heterocycles. The molecule has 152 valence electrons. The zero-order chi connectivity index (χ0) is 21.0. The first kappa shape index (κ1) is 21.4. The summed E-state index contributed by atoms with van der Waals surface area (Å²) in [7, 11) is -0.680. The summed E-state index contributed by atoms with van der Waals surface area (Å²) in [5, 5.41) is 10.8. The van der Waals surface area contributed by atoms with Crippen molar-refractivity contribution in [3.63, 3.8) is 0 Å². The van der Waals surface area contributed by atoms with Crippen molar-refractivity contribution in [3.8, 4) is 0 Å². The number of halogens is 1. The summed E-state index contributed by atoms with van der Waals surface area (Å²) < 4.78 is 39.5. The van der Waals surface area contributed by atoms with E-state index in [9.17, 15) is 17.6 Å². The van der Waals surface area contributed by atoms with Gasteiger partial charge in [-0.2, -0.15) is 0 Å². The van der Waals surface area contributed by atoms with E-state index in [0.29, 0.717) is 26.4 Å². The van der Waals surface area contributed by atoms with Crippen molar-refractivity contribution in [2.24, 2.45) is 0 Å². The van der Waals surface area contributed by atoms with Crippen LogP contribution in [0.25, 0.3) is 0 Å². The van der Waals surface area contributed by atoms with E-state index in [2.05, 4.69) is 15.5 Å². The average Bonchev–Trinajstić information content (AvgIpc) is 3.14. The van der Waals surface area contributed by atoms with Crippen LogP contribution in [0, 0.1) is 5.82 Å². The number of nitrogens with zero attached hydrogens (tertiary/aromatic N) is 3. The molecule has 11 heteroatoms. The molecule has 0 spiro atoms. The number of amides is 1. The van der Waals surface area contributed by atoms with Crippen LogP contribution in [0.2, 0.25) is 0 Å². The maximum Gasteiger partial charge on any atom is 0.257 e. The molecule has 1 N–H and O–H groups in total. The van der Waals surface area contributed by atoms with Crippen LogP contribution in [0.1, 0.15) is 15.9 Å². The number of nitrogens with one attached hydrogen (secondary N) is 1. The zero-order valence-corrected chi connectivity index (χ0v) is 17.9. The number of hydrogen-bond donors (Lipinski definition) is 1. The van der Waals surface area contributed by atoms with Crippen LogP contribution in [0.4, 0.5) is 9.52 Å². The summed E-state index contributed by atoms with van der Waals surface area (Å²) in [5.41, 5.74) is 0.851. The molecule has 3 rings (SSSR count). The Morgan fingerprint density at radius 3 is 2.48 bits per heavy atom. The summed E-state index contributed by atoms with van der Waals surface area (Å²) in [4.78, 5) is 12.5. The third-order valence-corrected chi connectivity index (χ3v) is 7.68. The fourth-order valence-electron chi connectivity index (χ4n) is 2.23. The lowest BCUT2D eigenvalue weighted by atomic mass is 10.2. The quantitative estimate of drug-likeness (QED) is 0.436. The molecule has 1 amide bonds. The predicted octanol–water partition coefficient (Wildman–Crippen LogP) is 3.47. The second-order valence-corrected chi connectivity index (χ2v) is 10.4. The molecule has 0 fully saturated rings. The van der Waals surface area contributed by atoms with E-state index in [-0.39, 0.29) is 10.7 Å². The molecule has 0 aliphatic heterocycles. The van der Waals surface area contributed by atoms with Gasteiger partial charge in [0.2, 0.25) is 15.2 Å².